The number of carbonyl (C=O) groups excluding carboxylic acids is 1. The van der Waals surface area contributed by atoms with Gasteiger partial charge in [0.05, 0.1) is 4.88 Å². The topological polar surface area (TPSA) is 17.1 Å². The molecule has 0 spiro atoms. The lowest BCUT2D eigenvalue weighted by atomic mass is 10.2. The van der Waals surface area contributed by atoms with E-state index in [-0.39, 0.29) is 5.78 Å². The first-order valence-corrected chi connectivity index (χ1v) is 7.95. The first-order valence-electron chi connectivity index (χ1n) is 5.71. The minimum absolute atomic E-state index is 0.247. The summed E-state index contributed by atoms with van der Waals surface area (Å²) in [5.74, 6) is 1.19. The fourth-order valence-electron chi connectivity index (χ4n) is 1.54. The van der Waals surface area contributed by atoms with Crippen LogP contribution in [0.5, 0.6) is 0 Å². The van der Waals surface area contributed by atoms with Gasteiger partial charge in [0.25, 0.3) is 0 Å². The van der Waals surface area contributed by atoms with Crippen LogP contribution in [-0.2, 0) is 0 Å². The summed E-state index contributed by atoms with van der Waals surface area (Å²) in [6.07, 6.45) is 1.52. The van der Waals surface area contributed by atoms with Crippen LogP contribution in [0, 0.1) is 0 Å². The Morgan fingerprint density at radius 1 is 1.28 bits per heavy atom. The van der Waals surface area contributed by atoms with Crippen molar-refractivity contribution in [2.45, 2.75) is 17.7 Å². The zero-order chi connectivity index (χ0) is 12.8. The van der Waals surface area contributed by atoms with Gasteiger partial charge in [-0.25, -0.2) is 0 Å². The quantitative estimate of drug-likeness (QED) is 0.416. The van der Waals surface area contributed by atoms with Gasteiger partial charge in [0.1, 0.15) is 0 Å². The SMILES string of the molecule is O=C(CCCSc1cccc(Cl)c1)c1cccs1. The average molecular weight is 297 g/mol. The molecule has 18 heavy (non-hydrogen) atoms. The standard InChI is InChI=1S/C14H13ClOS2/c15-11-4-1-5-12(10-11)17-8-2-6-13(16)14-7-3-9-18-14/h1,3-5,7,9-10H,2,6,8H2. The molecule has 0 aliphatic carbocycles. The number of halogens is 1. The Bertz CT molecular complexity index is 508. The van der Waals surface area contributed by atoms with Crippen LogP contribution in [-0.4, -0.2) is 11.5 Å². The maximum atomic E-state index is 11.8. The first-order chi connectivity index (χ1) is 8.75. The Hall–Kier alpha value is -0.770. The lowest BCUT2D eigenvalue weighted by Crippen LogP contribution is -1.96. The fraction of sp³-hybridized carbons (Fsp3) is 0.214. The molecule has 0 bridgehead atoms. The second-order valence-corrected chi connectivity index (χ2v) is 6.36. The van der Waals surface area contributed by atoms with E-state index in [2.05, 4.69) is 0 Å². The van der Waals surface area contributed by atoms with Crippen molar-refractivity contribution in [3.8, 4) is 0 Å². The summed E-state index contributed by atoms with van der Waals surface area (Å²) >= 11 is 9.16. The van der Waals surface area contributed by atoms with Gasteiger partial charge in [-0.05, 0) is 41.8 Å². The molecule has 1 nitrogen and oxygen atoms in total. The highest BCUT2D eigenvalue weighted by molar-refractivity contribution is 7.99. The monoisotopic (exact) mass is 296 g/mol. The normalized spacial score (nSPS) is 10.5. The van der Waals surface area contributed by atoms with E-state index in [0.717, 1.165) is 27.0 Å². The zero-order valence-electron chi connectivity index (χ0n) is 9.77. The molecule has 0 N–H and O–H groups in total. The number of benzene rings is 1. The number of ketones is 1. The van der Waals surface area contributed by atoms with Crippen molar-refractivity contribution < 1.29 is 4.79 Å². The molecule has 4 heteroatoms. The molecule has 0 aliphatic rings. The van der Waals surface area contributed by atoms with Crippen molar-refractivity contribution >= 4 is 40.5 Å². The lowest BCUT2D eigenvalue weighted by molar-refractivity contribution is 0.0986. The summed E-state index contributed by atoms with van der Waals surface area (Å²) in [5, 5.41) is 2.70. The Balaban J connectivity index is 1.72. The third kappa shape index (κ3) is 4.16. The molecule has 0 unspecified atom stereocenters. The van der Waals surface area contributed by atoms with Gasteiger partial charge in [0.15, 0.2) is 5.78 Å². The summed E-state index contributed by atoms with van der Waals surface area (Å²) in [7, 11) is 0. The lowest BCUT2D eigenvalue weighted by Gasteiger charge is -2.01. The largest absolute Gasteiger partial charge is 0.293 e. The summed E-state index contributed by atoms with van der Waals surface area (Å²) in [6, 6.07) is 11.6. The molecular weight excluding hydrogens is 284 g/mol. The van der Waals surface area contributed by atoms with Crippen LogP contribution >= 0.6 is 34.7 Å². The highest BCUT2D eigenvalue weighted by Gasteiger charge is 2.06. The second-order valence-electron chi connectivity index (χ2n) is 3.81. The highest BCUT2D eigenvalue weighted by Crippen LogP contribution is 2.23. The third-order valence-corrected chi connectivity index (χ3v) is 4.64. The van der Waals surface area contributed by atoms with Gasteiger partial charge in [0.2, 0.25) is 0 Å². The third-order valence-electron chi connectivity index (χ3n) is 2.41. The number of rotatable bonds is 6. The van der Waals surface area contributed by atoms with Crippen molar-refractivity contribution in [1.29, 1.82) is 0 Å². The molecular formula is C14H13ClOS2. The van der Waals surface area contributed by atoms with Crippen molar-refractivity contribution in [2.75, 3.05) is 5.75 Å². The van der Waals surface area contributed by atoms with E-state index in [1.54, 1.807) is 11.8 Å². The Kier molecular flexibility index (Phi) is 5.29. The van der Waals surface area contributed by atoms with Crippen LogP contribution in [0.3, 0.4) is 0 Å². The molecule has 0 aliphatic heterocycles. The van der Waals surface area contributed by atoms with Gasteiger partial charge in [-0.1, -0.05) is 23.7 Å². The number of carbonyl (C=O) groups is 1. The van der Waals surface area contributed by atoms with Gasteiger partial charge in [-0.3, -0.25) is 4.79 Å². The number of thiophene rings is 1. The Morgan fingerprint density at radius 3 is 2.89 bits per heavy atom. The number of thioether (sulfide) groups is 1. The second kappa shape index (κ2) is 6.98. The van der Waals surface area contributed by atoms with Crippen molar-refractivity contribution in [1.82, 2.24) is 0 Å². The molecule has 0 saturated carbocycles. The van der Waals surface area contributed by atoms with Gasteiger partial charge in [-0.2, -0.15) is 0 Å². The van der Waals surface area contributed by atoms with Crippen molar-refractivity contribution in [2.24, 2.45) is 0 Å². The fourth-order valence-corrected chi connectivity index (χ4v) is 3.40. The molecule has 2 rings (SSSR count). The summed E-state index contributed by atoms with van der Waals surface area (Å²) in [4.78, 5) is 13.8. The predicted molar refractivity (Wildman–Crippen MR) is 80.1 cm³/mol. The van der Waals surface area contributed by atoms with Crippen molar-refractivity contribution in [3.05, 3.63) is 51.7 Å². The highest BCUT2D eigenvalue weighted by atomic mass is 35.5. The van der Waals surface area contributed by atoms with E-state index < -0.39 is 0 Å². The van der Waals surface area contributed by atoms with Crippen LogP contribution in [0.25, 0.3) is 0 Å². The number of hydrogen-bond acceptors (Lipinski definition) is 3. The maximum absolute atomic E-state index is 11.8. The van der Waals surface area contributed by atoms with E-state index in [4.69, 9.17) is 11.6 Å². The van der Waals surface area contributed by atoms with Crippen LogP contribution in [0.4, 0.5) is 0 Å². The number of hydrogen-bond donors (Lipinski definition) is 0. The summed E-state index contributed by atoms with van der Waals surface area (Å²) < 4.78 is 0. The Morgan fingerprint density at radius 2 is 2.17 bits per heavy atom. The van der Waals surface area contributed by atoms with E-state index in [1.165, 1.54) is 11.3 Å². The van der Waals surface area contributed by atoms with Crippen LogP contribution in [0.1, 0.15) is 22.5 Å². The zero-order valence-corrected chi connectivity index (χ0v) is 12.2. The molecule has 2 aromatic rings. The minimum atomic E-state index is 0.247. The molecule has 0 saturated heterocycles. The first kappa shape index (κ1) is 13.7. The molecule has 1 aromatic heterocycles. The van der Waals surface area contributed by atoms with E-state index >= 15 is 0 Å². The smallest absolute Gasteiger partial charge is 0.172 e. The predicted octanol–water partition coefficient (Wildman–Crippen LogP) is 5.16. The average Bonchev–Trinajstić information content (AvgIpc) is 2.88. The molecule has 0 radical (unpaired) electrons. The molecule has 1 aromatic carbocycles. The van der Waals surface area contributed by atoms with Crippen LogP contribution in [0.2, 0.25) is 5.02 Å². The molecule has 0 fully saturated rings. The number of Topliss-reactive ketones (excluding diaryl/α,β-unsaturated/α-hetero) is 1. The molecule has 0 amide bonds. The minimum Gasteiger partial charge on any atom is -0.293 e. The summed E-state index contributed by atoms with van der Waals surface area (Å²) in [5.41, 5.74) is 0. The van der Waals surface area contributed by atoms with Crippen LogP contribution < -0.4 is 0 Å². The molecule has 1 heterocycles. The summed E-state index contributed by atoms with van der Waals surface area (Å²) in [6.45, 7) is 0. The van der Waals surface area contributed by atoms with Crippen molar-refractivity contribution in [3.63, 3.8) is 0 Å². The van der Waals surface area contributed by atoms with Gasteiger partial charge < -0.3 is 0 Å². The van der Waals surface area contributed by atoms with E-state index in [1.807, 2.05) is 41.8 Å². The Labute approximate surface area is 120 Å². The van der Waals surface area contributed by atoms with E-state index in [9.17, 15) is 4.79 Å². The van der Waals surface area contributed by atoms with E-state index in [0.29, 0.717) is 6.42 Å². The molecule has 0 atom stereocenters. The van der Waals surface area contributed by atoms with Crippen LogP contribution in [0.15, 0.2) is 46.7 Å². The van der Waals surface area contributed by atoms with Gasteiger partial charge in [0, 0.05) is 16.3 Å². The molecule has 94 valence electrons. The van der Waals surface area contributed by atoms with Gasteiger partial charge in [-0.15, -0.1) is 23.1 Å². The maximum Gasteiger partial charge on any atom is 0.172 e. The van der Waals surface area contributed by atoms with Gasteiger partial charge >= 0.3 is 0 Å².